The molecule has 0 aliphatic heterocycles. The van der Waals surface area contributed by atoms with Crippen molar-refractivity contribution in [1.82, 2.24) is 4.90 Å². The van der Waals surface area contributed by atoms with Gasteiger partial charge in [0.25, 0.3) is 0 Å². The van der Waals surface area contributed by atoms with Crippen molar-refractivity contribution in [1.29, 1.82) is 5.26 Å². The molecule has 0 N–H and O–H groups in total. The largest absolute Gasteiger partial charge is 0.366 e. The monoisotopic (exact) mass is 325 g/mol. The zero-order valence-electron chi connectivity index (χ0n) is 13.7. The Hall–Kier alpha value is -2.31. The maximum Gasteiger partial charge on any atom is 0.0991 e. The van der Waals surface area contributed by atoms with Crippen LogP contribution in [-0.2, 0) is 6.42 Å². The molecular formula is C19H20ClN3. The van der Waals surface area contributed by atoms with Crippen LogP contribution in [0.1, 0.15) is 29.2 Å². The molecule has 0 saturated heterocycles. The molecule has 4 heteroatoms. The second-order valence-electron chi connectivity index (χ2n) is 5.56. The average Bonchev–Trinajstić information content (AvgIpc) is 2.56. The Morgan fingerprint density at radius 1 is 1.30 bits per heavy atom. The molecular weight excluding hydrogens is 306 g/mol. The molecule has 0 unspecified atom stereocenters. The van der Waals surface area contributed by atoms with Crippen LogP contribution in [0.5, 0.6) is 0 Å². The minimum absolute atomic E-state index is 0.661. The van der Waals surface area contributed by atoms with Gasteiger partial charge in [0, 0.05) is 13.6 Å². The number of aliphatic imine (C=N–C) groups is 1. The van der Waals surface area contributed by atoms with Crippen molar-refractivity contribution in [2.75, 3.05) is 13.6 Å². The number of hydrogen-bond donors (Lipinski definition) is 0. The molecule has 0 aliphatic rings. The third-order valence-corrected chi connectivity index (χ3v) is 4.05. The van der Waals surface area contributed by atoms with Gasteiger partial charge in [0.15, 0.2) is 0 Å². The Labute approximate surface area is 142 Å². The van der Waals surface area contributed by atoms with Gasteiger partial charge < -0.3 is 4.90 Å². The Morgan fingerprint density at radius 3 is 2.78 bits per heavy atom. The second-order valence-corrected chi connectivity index (χ2v) is 5.94. The van der Waals surface area contributed by atoms with Gasteiger partial charge in [-0.2, -0.15) is 5.26 Å². The smallest absolute Gasteiger partial charge is 0.0991 e. The fourth-order valence-electron chi connectivity index (χ4n) is 2.26. The van der Waals surface area contributed by atoms with Gasteiger partial charge in [0.1, 0.15) is 0 Å². The maximum atomic E-state index is 9.02. The van der Waals surface area contributed by atoms with Gasteiger partial charge in [0.2, 0.25) is 0 Å². The van der Waals surface area contributed by atoms with E-state index in [9.17, 15) is 0 Å². The fraction of sp³-hybridized carbons (Fsp3) is 0.263. The summed E-state index contributed by atoms with van der Waals surface area (Å²) in [5.74, 6) is 0. The summed E-state index contributed by atoms with van der Waals surface area (Å²) in [6.45, 7) is 4.99. The Balaban J connectivity index is 2.34. The van der Waals surface area contributed by atoms with Crippen molar-refractivity contribution >= 4 is 23.6 Å². The summed E-state index contributed by atoms with van der Waals surface area (Å²) in [7, 11) is 1.97. The van der Waals surface area contributed by atoms with Crippen molar-refractivity contribution < 1.29 is 0 Å². The Morgan fingerprint density at radius 2 is 2.09 bits per heavy atom. The second kappa shape index (κ2) is 7.80. The van der Waals surface area contributed by atoms with Gasteiger partial charge in [-0.25, -0.2) is 4.99 Å². The average molecular weight is 326 g/mol. The minimum atomic E-state index is 0.661. The van der Waals surface area contributed by atoms with Gasteiger partial charge in [-0.15, -0.1) is 0 Å². The number of nitrogens with zero attached hydrogens (tertiary/aromatic N) is 3. The molecule has 2 rings (SSSR count). The highest BCUT2D eigenvalue weighted by Gasteiger charge is 2.08. The molecule has 3 nitrogen and oxygen atoms in total. The van der Waals surface area contributed by atoms with Crippen molar-refractivity contribution in [3.05, 3.63) is 63.7 Å². The van der Waals surface area contributed by atoms with Crippen molar-refractivity contribution in [2.24, 2.45) is 4.99 Å². The molecule has 0 radical (unpaired) electrons. The molecule has 118 valence electrons. The predicted molar refractivity (Wildman–Crippen MR) is 96.6 cm³/mol. The highest BCUT2D eigenvalue weighted by Crippen LogP contribution is 2.31. The first kappa shape index (κ1) is 17.1. The van der Waals surface area contributed by atoms with Gasteiger partial charge in [-0.1, -0.05) is 29.8 Å². The van der Waals surface area contributed by atoms with Gasteiger partial charge >= 0.3 is 0 Å². The molecule has 2 aromatic carbocycles. The predicted octanol–water partition coefficient (Wildman–Crippen LogP) is 4.72. The van der Waals surface area contributed by atoms with E-state index < -0.39 is 0 Å². The lowest BCUT2D eigenvalue weighted by molar-refractivity contribution is 0.552. The molecule has 0 spiro atoms. The van der Waals surface area contributed by atoms with E-state index in [4.69, 9.17) is 16.9 Å². The van der Waals surface area contributed by atoms with Crippen molar-refractivity contribution in [3.8, 4) is 6.07 Å². The Bertz CT molecular complexity index is 760. The van der Waals surface area contributed by atoms with E-state index >= 15 is 0 Å². The van der Waals surface area contributed by atoms with Crippen LogP contribution >= 0.6 is 11.6 Å². The van der Waals surface area contributed by atoms with E-state index in [0.717, 1.165) is 28.9 Å². The van der Waals surface area contributed by atoms with E-state index in [1.54, 1.807) is 12.4 Å². The lowest BCUT2D eigenvalue weighted by Crippen LogP contribution is -2.14. The fourth-order valence-corrected chi connectivity index (χ4v) is 2.48. The first-order valence-corrected chi connectivity index (χ1v) is 7.93. The summed E-state index contributed by atoms with van der Waals surface area (Å²) >= 11 is 6.53. The quantitative estimate of drug-likeness (QED) is 0.589. The zero-order valence-corrected chi connectivity index (χ0v) is 14.4. The van der Waals surface area contributed by atoms with E-state index in [-0.39, 0.29) is 0 Å². The standard InChI is InChI=1S/C19H20ClN3/c1-4-23(3)13-22-18-9-14(2)8-17(19(18)20)11-15-6-5-7-16(10-15)12-21/h5-10,13H,4,11H2,1-3H3/b22-13-. The van der Waals surface area contributed by atoms with Crippen LogP contribution in [0.3, 0.4) is 0 Å². The highest BCUT2D eigenvalue weighted by molar-refractivity contribution is 6.33. The van der Waals surface area contributed by atoms with Crippen LogP contribution in [0, 0.1) is 18.3 Å². The Kier molecular flexibility index (Phi) is 5.78. The van der Waals surface area contributed by atoms with Gasteiger partial charge in [-0.3, -0.25) is 0 Å². The van der Waals surface area contributed by atoms with Crippen LogP contribution < -0.4 is 0 Å². The SMILES string of the molecule is CCN(C)/C=N\c1cc(C)cc(Cc2cccc(C#N)c2)c1Cl. The first-order chi connectivity index (χ1) is 11.0. The zero-order chi connectivity index (χ0) is 16.8. The summed E-state index contributed by atoms with van der Waals surface area (Å²) in [5, 5.41) is 9.68. The first-order valence-electron chi connectivity index (χ1n) is 7.56. The number of aryl methyl sites for hydroxylation is 1. The van der Waals surface area contributed by atoms with Gasteiger partial charge in [0.05, 0.1) is 28.7 Å². The summed E-state index contributed by atoms with van der Waals surface area (Å²) in [6.07, 6.45) is 2.48. The van der Waals surface area contributed by atoms with Crippen LogP contribution in [0.25, 0.3) is 0 Å². The highest BCUT2D eigenvalue weighted by atomic mass is 35.5. The third-order valence-electron chi connectivity index (χ3n) is 3.62. The molecule has 0 fully saturated rings. The lowest BCUT2D eigenvalue weighted by Gasteiger charge is -2.11. The normalized spacial score (nSPS) is 10.7. The molecule has 0 heterocycles. The molecule has 2 aromatic rings. The number of rotatable bonds is 5. The number of benzene rings is 2. The molecule has 0 bridgehead atoms. The molecule has 0 saturated carbocycles. The minimum Gasteiger partial charge on any atom is -0.366 e. The van der Waals surface area contributed by atoms with E-state index in [1.807, 2.05) is 43.1 Å². The number of nitriles is 1. The van der Waals surface area contributed by atoms with Crippen LogP contribution in [0.15, 0.2) is 41.4 Å². The van der Waals surface area contributed by atoms with E-state index in [1.165, 1.54) is 0 Å². The van der Waals surface area contributed by atoms with Crippen LogP contribution in [0.4, 0.5) is 5.69 Å². The van der Waals surface area contributed by atoms with Crippen molar-refractivity contribution in [2.45, 2.75) is 20.3 Å². The number of halogens is 1. The number of hydrogen-bond acceptors (Lipinski definition) is 2. The maximum absolute atomic E-state index is 9.02. The molecule has 0 amide bonds. The van der Waals surface area contributed by atoms with Crippen LogP contribution in [-0.4, -0.2) is 24.8 Å². The topological polar surface area (TPSA) is 39.4 Å². The van der Waals surface area contributed by atoms with Gasteiger partial charge in [-0.05, 0) is 55.2 Å². The molecule has 0 aromatic heterocycles. The summed E-state index contributed by atoms with van der Waals surface area (Å²) in [6, 6.07) is 13.8. The molecule has 0 atom stereocenters. The summed E-state index contributed by atoms with van der Waals surface area (Å²) in [4.78, 5) is 6.48. The van der Waals surface area contributed by atoms with E-state index in [0.29, 0.717) is 17.0 Å². The third kappa shape index (κ3) is 4.58. The van der Waals surface area contributed by atoms with Crippen molar-refractivity contribution in [3.63, 3.8) is 0 Å². The molecule has 0 aliphatic carbocycles. The van der Waals surface area contributed by atoms with E-state index in [2.05, 4.69) is 24.1 Å². The summed E-state index contributed by atoms with van der Waals surface area (Å²) < 4.78 is 0. The summed E-state index contributed by atoms with van der Waals surface area (Å²) in [5.41, 5.74) is 4.64. The lowest BCUT2D eigenvalue weighted by atomic mass is 10.0. The van der Waals surface area contributed by atoms with Crippen LogP contribution in [0.2, 0.25) is 5.02 Å². The molecule has 23 heavy (non-hydrogen) atoms.